The molecule has 0 spiro atoms. The van der Waals surface area contributed by atoms with Crippen LogP contribution in [-0.4, -0.2) is 33.2 Å². The van der Waals surface area contributed by atoms with Gasteiger partial charge in [0.2, 0.25) is 5.91 Å². The van der Waals surface area contributed by atoms with Crippen LogP contribution in [0.25, 0.3) is 5.69 Å². The summed E-state index contributed by atoms with van der Waals surface area (Å²) in [4.78, 5) is 28.2. The first-order chi connectivity index (χ1) is 18.5. The number of rotatable bonds is 7. The Labute approximate surface area is 238 Å². The van der Waals surface area contributed by atoms with Crippen molar-refractivity contribution in [2.45, 2.75) is 46.6 Å². The van der Waals surface area contributed by atoms with Gasteiger partial charge in [-0.05, 0) is 55.3 Å². The van der Waals surface area contributed by atoms with Crippen molar-refractivity contribution in [1.29, 1.82) is 0 Å². The number of aromatic nitrogens is 2. The highest BCUT2D eigenvalue weighted by atomic mass is 79.9. The van der Waals surface area contributed by atoms with Gasteiger partial charge in [-0.1, -0.05) is 84.7 Å². The maximum absolute atomic E-state index is 13.4. The number of aryl methyl sites for hydroxylation is 2. The number of benzene rings is 3. The van der Waals surface area contributed by atoms with E-state index >= 15 is 0 Å². The Bertz CT molecular complexity index is 1460. The second-order valence-electron chi connectivity index (χ2n) is 10.7. The number of halogens is 1. The van der Waals surface area contributed by atoms with E-state index in [-0.39, 0.29) is 30.4 Å². The summed E-state index contributed by atoms with van der Waals surface area (Å²) < 4.78 is 2.69. The van der Waals surface area contributed by atoms with Gasteiger partial charge in [0, 0.05) is 28.2 Å². The zero-order chi connectivity index (χ0) is 28.2. The molecule has 1 heterocycles. The molecule has 0 saturated carbocycles. The summed E-state index contributed by atoms with van der Waals surface area (Å²) in [5, 5.41) is 10.8. The highest BCUT2D eigenvalue weighted by Crippen LogP contribution is 2.28. The average molecular weight is 589 g/mol. The molecule has 0 aliphatic carbocycles. The lowest BCUT2D eigenvalue weighted by Gasteiger charge is -2.23. The molecule has 2 N–H and O–H groups in total. The van der Waals surface area contributed by atoms with Crippen LogP contribution in [0.2, 0.25) is 0 Å². The monoisotopic (exact) mass is 587 g/mol. The summed E-state index contributed by atoms with van der Waals surface area (Å²) in [6, 6.07) is 24.6. The fourth-order valence-corrected chi connectivity index (χ4v) is 4.42. The summed E-state index contributed by atoms with van der Waals surface area (Å²) in [6.45, 7) is 10.5. The first kappa shape index (κ1) is 28.1. The molecule has 0 aliphatic rings. The fraction of sp³-hybridized carbons (Fsp3) is 0.258. The average Bonchev–Trinajstić information content (AvgIpc) is 3.29. The van der Waals surface area contributed by atoms with Crippen molar-refractivity contribution in [1.82, 2.24) is 14.7 Å². The maximum atomic E-state index is 13.4. The van der Waals surface area contributed by atoms with Crippen LogP contribution in [0.5, 0.6) is 0 Å². The molecule has 0 bridgehead atoms. The van der Waals surface area contributed by atoms with Crippen LogP contribution < -0.4 is 10.6 Å². The van der Waals surface area contributed by atoms with Crippen molar-refractivity contribution in [2.24, 2.45) is 0 Å². The van der Waals surface area contributed by atoms with Gasteiger partial charge < -0.3 is 15.5 Å². The molecule has 7 nitrogen and oxygen atoms in total. The lowest BCUT2D eigenvalue weighted by Crippen LogP contribution is -2.40. The van der Waals surface area contributed by atoms with Crippen molar-refractivity contribution in [2.75, 3.05) is 17.2 Å². The minimum Gasteiger partial charge on any atom is -0.311 e. The Morgan fingerprint density at radius 3 is 2.26 bits per heavy atom. The van der Waals surface area contributed by atoms with Crippen LogP contribution in [0, 0.1) is 13.8 Å². The van der Waals surface area contributed by atoms with E-state index in [0.29, 0.717) is 11.5 Å². The molecule has 202 valence electrons. The van der Waals surface area contributed by atoms with Crippen molar-refractivity contribution in [3.8, 4) is 5.69 Å². The van der Waals surface area contributed by atoms with Crippen LogP contribution >= 0.6 is 15.9 Å². The zero-order valence-electron chi connectivity index (χ0n) is 23.0. The van der Waals surface area contributed by atoms with Crippen LogP contribution in [0.1, 0.15) is 43.2 Å². The molecule has 0 atom stereocenters. The van der Waals surface area contributed by atoms with Gasteiger partial charge in [-0.3, -0.25) is 4.79 Å². The molecule has 0 fully saturated rings. The summed E-state index contributed by atoms with van der Waals surface area (Å²) >= 11 is 3.41. The van der Waals surface area contributed by atoms with Gasteiger partial charge in [0.1, 0.15) is 12.4 Å². The van der Waals surface area contributed by atoms with E-state index in [4.69, 9.17) is 5.10 Å². The Balaban J connectivity index is 1.60. The number of hydrogen-bond acceptors (Lipinski definition) is 3. The second kappa shape index (κ2) is 11.9. The van der Waals surface area contributed by atoms with E-state index in [1.165, 1.54) is 4.90 Å². The second-order valence-corrected chi connectivity index (χ2v) is 11.6. The molecule has 4 aromatic rings. The summed E-state index contributed by atoms with van der Waals surface area (Å²) in [5.74, 6) is 0.244. The smallest absolute Gasteiger partial charge is 0.311 e. The van der Waals surface area contributed by atoms with Crippen LogP contribution in [0.4, 0.5) is 16.3 Å². The Morgan fingerprint density at radius 2 is 1.62 bits per heavy atom. The predicted octanol–water partition coefficient (Wildman–Crippen LogP) is 7.22. The number of nitrogens with one attached hydrogen (secondary N) is 2. The van der Waals surface area contributed by atoms with Gasteiger partial charge >= 0.3 is 6.03 Å². The minimum absolute atomic E-state index is 0.139. The fourth-order valence-electron chi connectivity index (χ4n) is 4.16. The van der Waals surface area contributed by atoms with Gasteiger partial charge in [-0.25, -0.2) is 9.48 Å². The summed E-state index contributed by atoms with van der Waals surface area (Å²) in [7, 11) is 0. The highest BCUT2D eigenvalue weighted by Gasteiger charge is 2.24. The normalized spacial score (nSPS) is 11.2. The van der Waals surface area contributed by atoms with E-state index in [1.807, 2.05) is 74.5 Å². The quantitative estimate of drug-likeness (QED) is 0.239. The number of nitrogens with zero attached hydrogens (tertiary/aromatic N) is 3. The molecule has 0 radical (unpaired) electrons. The lowest BCUT2D eigenvalue weighted by molar-refractivity contribution is -0.116. The maximum Gasteiger partial charge on any atom is 0.322 e. The van der Waals surface area contributed by atoms with Gasteiger partial charge in [0.15, 0.2) is 0 Å². The van der Waals surface area contributed by atoms with Crippen LogP contribution in [-0.2, 0) is 16.8 Å². The number of carbonyl (C=O) groups excluding carboxylic acids is 2. The number of carbonyl (C=O) groups is 2. The molecule has 0 unspecified atom stereocenters. The number of urea groups is 1. The number of anilines is 2. The van der Waals surface area contributed by atoms with Crippen LogP contribution in [0.3, 0.4) is 0 Å². The van der Waals surface area contributed by atoms with Gasteiger partial charge in [0.25, 0.3) is 0 Å². The Kier molecular flexibility index (Phi) is 8.55. The molecule has 0 aliphatic heterocycles. The Morgan fingerprint density at radius 1 is 0.923 bits per heavy atom. The molecule has 39 heavy (non-hydrogen) atoms. The van der Waals surface area contributed by atoms with Crippen LogP contribution in [0.15, 0.2) is 83.3 Å². The summed E-state index contributed by atoms with van der Waals surface area (Å²) in [5.41, 5.74) is 5.29. The molecule has 8 heteroatoms. The van der Waals surface area contributed by atoms with Gasteiger partial charge in [-0.15, -0.1) is 0 Å². The molecule has 3 aromatic carbocycles. The minimum atomic E-state index is -0.366. The third-order valence-electron chi connectivity index (χ3n) is 6.26. The SMILES string of the molecule is Cc1ccc(-n2nc(C(C)(C)C)cc2NC(=O)CN(Cc2ccccc2)C(=O)Nc2ccc(Br)cc2)c(C)c1. The third kappa shape index (κ3) is 7.35. The molecule has 4 rings (SSSR count). The largest absolute Gasteiger partial charge is 0.322 e. The van der Waals surface area contributed by atoms with Gasteiger partial charge in [0.05, 0.1) is 11.4 Å². The topological polar surface area (TPSA) is 79.3 Å². The van der Waals surface area contributed by atoms with E-state index in [9.17, 15) is 9.59 Å². The highest BCUT2D eigenvalue weighted by molar-refractivity contribution is 9.10. The Hall–Kier alpha value is -3.91. The predicted molar refractivity (Wildman–Crippen MR) is 160 cm³/mol. The molecule has 0 saturated heterocycles. The number of amides is 3. The van der Waals surface area contributed by atoms with Gasteiger partial charge in [-0.2, -0.15) is 5.10 Å². The first-order valence-electron chi connectivity index (χ1n) is 12.8. The lowest BCUT2D eigenvalue weighted by atomic mass is 9.92. The summed E-state index contributed by atoms with van der Waals surface area (Å²) in [6.07, 6.45) is 0. The van der Waals surface area contributed by atoms with E-state index in [1.54, 1.807) is 16.8 Å². The van der Waals surface area contributed by atoms with Crippen molar-refractivity contribution in [3.05, 3.63) is 106 Å². The van der Waals surface area contributed by atoms with E-state index in [2.05, 4.69) is 53.4 Å². The van der Waals surface area contributed by atoms with E-state index < -0.39 is 0 Å². The van der Waals surface area contributed by atoms with Crippen molar-refractivity contribution >= 4 is 39.4 Å². The molecular formula is C31H34BrN5O2. The zero-order valence-corrected chi connectivity index (χ0v) is 24.5. The molecular weight excluding hydrogens is 554 g/mol. The van der Waals surface area contributed by atoms with E-state index in [0.717, 1.165) is 32.5 Å². The molecule has 3 amide bonds. The third-order valence-corrected chi connectivity index (χ3v) is 6.79. The standard InChI is InChI=1S/C31H34BrN5O2/c1-21-11-16-26(22(2)17-21)37-28(18-27(35-37)31(3,4)5)34-29(38)20-36(19-23-9-7-6-8-10-23)30(39)33-25-14-12-24(32)13-15-25/h6-18H,19-20H2,1-5H3,(H,33,39)(H,34,38). The molecule has 1 aromatic heterocycles. The van der Waals surface area contributed by atoms with Crippen molar-refractivity contribution in [3.63, 3.8) is 0 Å². The number of hydrogen-bond donors (Lipinski definition) is 2. The van der Waals surface area contributed by atoms with Crippen molar-refractivity contribution < 1.29 is 9.59 Å². The first-order valence-corrected chi connectivity index (χ1v) is 13.6.